The third kappa shape index (κ3) is 3.54. The number of benzene rings is 1. The van der Waals surface area contributed by atoms with E-state index in [1.54, 1.807) is 31.4 Å². The van der Waals surface area contributed by atoms with Crippen LogP contribution in [0.4, 0.5) is 5.69 Å². The molecule has 1 N–H and O–H groups in total. The summed E-state index contributed by atoms with van der Waals surface area (Å²) in [5.41, 5.74) is 1.36. The molecule has 28 heavy (non-hydrogen) atoms. The van der Waals surface area contributed by atoms with E-state index in [9.17, 15) is 9.59 Å². The summed E-state index contributed by atoms with van der Waals surface area (Å²) in [6.07, 6.45) is 0. The Bertz CT molecular complexity index is 1190. The normalized spacial score (nSPS) is 10.9. The Hall–Kier alpha value is -3.04. The maximum Gasteiger partial charge on any atom is 0.349 e. The Kier molecular flexibility index (Phi) is 4.93. The van der Waals surface area contributed by atoms with Crippen LogP contribution in [0.2, 0.25) is 0 Å². The maximum atomic E-state index is 12.7. The lowest BCUT2D eigenvalue weighted by Gasteiger charge is -2.09. The molecule has 1 amide bonds. The summed E-state index contributed by atoms with van der Waals surface area (Å²) in [6.45, 7) is 1.73. The standard InChI is InChI=1S/C19H16N4O3S2/c1-11-20-17-16(14-4-3-9-27-14)22-19(25)23(18(17)28-11)10-15(24)21-12-5-7-13(26-2)8-6-12/h3-9H,10H2,1-2H3,(H,21,24). The second kappa shape index (κ2) is 7.53. The Balaban J connectivity index is 1.67. The first kappa shape index (κ1) is 18.3. The van der Waals surface area contributed by atoms with Gasteiger partial charge in [0.05, 0.1) is 17.0 Å². The summed E-state index contributed by atoms with van der Waals surface area (Å²) in [7, 11) is 1.58. The number of anilines is 1. The van der Waals surface area contributed by atoms with Gasteiger partial charge in [-0.2, -0.15) is 4.98 Å². The molecule has 0 fully saturated rings. The first-order valence-corrected chi connectivity index (χ1v) is 10.1. The van der Waals surface area contributed by atoms with Gasteiger partial charge < -0.3 is 10.1 Å². The highest BCUT2D eigenvalue weighted by Crippen LogP contribution is 2.31. The Morgan fingerprint density at radius 2 is 2.00 bits per heavy atom. The molecule has 7 nitrogen and oxygen atoms in total. The van der Waals surface area contributed by atoms with Crippen molar-refractivity contribution in [3.63, 3.8) is 0 Å². The molecule has 0 saturated carbocycles. The number of thiophene rings is 1. The summed E-state index contributed by atoms with van der Waals surface area (Å²) in [5.74, 6) is 0.384. The highest BCUT2D eigenvalue weighted by molar-refractivity contribution is 7.18. The zero-order valence-electron chi connectivity index (χ0n) is 15.1. The first-order valence-electron chi connectivity index (χ1n) is 8.41. The smallest absolute Gasteiger partial charge is 0.349 e. The van der Waals surface area contributed by atoms with E-state index in [-0.39, 0.29) is 12.5 Å². The second-order valence-electron chi connectivity index (χ2n) is 5.97. The van der Waals surface area contributed by atoms with Crippen LogP contribution in [-0.4, -0.2) is 27.6 Å². The Morgan fingerprint density at radius 1 is 1.21 bits per heavy atom. The fourth-order valence-corrected chi connectivity index (χ4v) is 4.42. The molecule has 4 rings (SSSR count). The minimum Gasteiger partial charge on any atom is -0.497 e. The molecular formula is C19H16N4O3S2. The lowest BCUT2D eigenvalue weighted by Crippen LogP contribution is -2.29. The number of thiazole rings is 1. The number of aryl methyl sites for hydroxylation is 1. The van der Waals surface area contributed by atoms with Crippen LogP contribution in [0.25, 0.3) is 20.9 Å². The van der Waals surface area contributed by atoms with Gasteiger partial charge in [0.25, 0.3) is 0 Å². The van der Waals surface area contributed by atoms with Crippen LogP contribution in [0.3, 0.4) is 0 Å². The Morgan fingerprint density at radius 3 is 2.68 bits per heavy atom. The molecule has 3 aromatic heterocycles. The van der Waals surface area contributed by atoms with Gasteiger partial charge in [-0.3, -0.25) is 9.36 Å². The van der Waals surface area contributed by atoms with E-state index in [1.807, 2.05) is 24.4 Å². The predicted octanol–water partition coefficient (Wildman–Crippen LogP) is 3.54. The van der Waals surface area contributed by atoms with Crippen molar-refractivity contribution < 1.29 is 9.53 Å². The summed E-state index contributed by atoms with van der Waals surface area (Å²) in [5, 5.41) is 5.52. The number of nitrogens with one attached hydrogen (secondary N) is 1. The summed E-state index contributed by atoms with van der Waals surface area (Å²) >= 11 is 2.88. The summed E-state index contributed by atoms with van der Waals surface area (Å²) in [4.78, 5) is 35.4. The average molecular weight is 412 g/mol. The number of carbonyl (C=O) groups is 1. The largest absolute Gasteiger partial charge is 0.497 e. The van der Waals surface area contributed by atoms with Crippen LogP contribution in [0, 0.1) is 6.92 Å². The van der Waals surface area contributed by atoms with Crippen molar-refractivity contribution in [2.24, 2.45) is 0 Å². The third-order valence-corrected chi connectivity index (χ3v) is 5.92. The minimum atomic E-state index is -0.468. The molecular weight excluding hydrogens is 396 g/mol. The van der Waals surface area contributed by atoms with Gasteiger partial charge in [0, 0.05) is 5.69 Å². The highest BCUT2D eigenvalue weighted by atomic mass is 32.1. The topological polar surface area (TPSA) is 86.1 Å². The van der Waals surface area contributed by atoms with E-state index in [2.05, 4.69) is 15.3 Å². The molecule has 0 unspecified atom stereocenters. The van der Waals surface area contributed by atoms with Crippen molar-refractivity contribution in [1.82, 2.24) is 14.5 Å². The number of hydrogen-bond acceptors (Lipinski definition) is 7. The van der Waals surface area contributed by atoms with Crippen LogP contribution >= 0.6 is 22.7 Å². The molecule has 0 bridgehead atoms. The Labute approximate surface area is 168 Å². The SMILES string of the molecule is COc1ccc(NC(=O)Cn2c(=O)nc(-c3cccs3)c3nc(C)sc32)cc1. The van der Waals surface area contributed by atoms with E-state index >= 15 is 0 Å². The predicted molar refractivity (Wildman–Crippen MR) is 111 cm³/mol. The number of methoxy groups -OCH3 is 1. The molecule has 1 aromatic carbocycles. The summed E-state index contributed by atoms with van der Waals surface area (Å²) < 4.78 is 6.48. The quantitative estimate of drug-likeness (QED) is 0.542. The molecule has 142 valence electrons. The minimum absolute atomic E-state index is 0.138. The second-order valence-corrected chi connectivity index (χ2v) is 8.10. The number of hydrogen-bond donors (Lipinski definition) is 1. The first-order chi connectivity index (χ1) is 13.5. The van der Waals surface area contributed by atoms with Gasteiger partial charge in [0.1, 0.15) is 28.3 Å². The van der Waals surface area contributed by atoms with Crippen molar-refractivity contribution in [3.05, 3.63) is 57.3 Å². The fraction of sp³-hybridized carbons (Fsp3) is 0.158. The van der Waals surface area contributed by atoms with Crippen LogP contribution < -0.4 is 15.7 Å². The van der Waals surface area contributed by atoms with Crippen molar-refractivity contribution in [3.8, 4) is 16.3 Å². The molecule has 4 aromatic rings. The molecule has 0 aliphatic heterocycles. The lowest BCUT2D eigenvalue weighted by molar-refractivity contribution is -0.116. The molecule has 0 aliphatic rings. The van der Waals surface area contributed by atoms with E-state index in [4.69, 9.17) is 4.74 Å². The van der Waals surface area contributed by atoms with E-state index < -0.39 is 5.69 Å². The van der Waals surface area contributed by atoms with E-state index in [1.165, 1.54) is 27.2 Å². The van der Waals surface area contributed by atoms with Crippen LogP contribution in [0.5, 0.6) is 5.75 Å². The van der Waals surface area contributed by atoms with Crippen molar-refractivity contribution in [1.29, 1.82) is 0 Å². The third-order valence-electron chi connectivity index (χ3n) is 4.05. The van der Waals surface area contributed by atoms with Gasteiger partial charge in [0.15, 0.2) is 0 Å². The summed E-state index contributed by atoms with van der Waals surface area (Å²) in [6, 6.07) is 10.8. The van der Waals surface area contributed by atoms with E-state index in [0.717, 1.165) is 9.88 Å². The maximum absolute atomic E-state index is 12.7. The number of amides is 1. The zero-order valence-corrected chi connectivity index (χ0v) is 16.8. The number of ether oxygens (including phenoxy) is 1. The fourth-order valence-electron chi connectivity index (χ4n) is 2.79. The van der Waals surface area contributed by atoms with Crippen molar-refractivity contribution in [2.75, 3.05) is 12.4 Å². The monoisotopic (exact) mass is 412 g/mol. The van der Waals surface area contributed by atoms with Crippen LogP contribution in [-0.2, 0) is 11.3 Å². The van der Waals surface area contributed by atoms with Gasteiger partial charge in [-0.15, -0.1) is 22.7 Å². The van der Waals surface area contributed by atoms with E-state index in [0.29, 0.717) is 27.5 Å². The average Bonchev–Trinajstić information content (AvgIpc) is 3.34. The molecule has 0 saturated heterocycles. The highest BCUT2D eigenvalue weighted by Gasteiger charge is 2.18. The number of fused-ring (bicyclic) bond motifs is 1. The van der Waals surface area contributed by atoms with Crippen LogP contribution in [0.1, 0.15) is 5.01 Å². The number of rotatable bonds is 5. The molecule has 0 spiro atoms. The molecule has 0 radical (unpaired) electrons. The number of aromatic nitrogens is 3. The zero-order chi connectivity index (χ0) is 19.7. The van der Waals surface area contributed by atoms with Crippen molar-refractivity contribution in [2.45, 2.75) is 13.5 Å². The lowest BCUT2D eigenvalue weighted by atomic mass is 10.3. The number of carbonyl (C=O) groups excluding carboxylic acids is 1. The van der Waals surface area contributed by atoms with Gasteiger partial charge in [-0.05, 0) is 42.6 Å². The molecule has 9 heteroatoms. The van der Waals surface area contributed by atoms with Gasteiger partial charge in [-0.25, -0.2) is 9.78 Å². The van der Waals surface area contributed by atoms with Gasteiger partial charge in [-0.1, -0.05) is 6.07 Å². The van der Waals surface area contributed by atoms with Gasteiger partial charge >= 0.3 is 5.69 Å². The van der Waals surface area contributed by atoms with Gasteiger partial charge in [0.2, 0.25) is 5.91 Å². The van der Waals surface area contributed by atoms with Crippen molar-refractivity contribution >= 4 is 44.6 Å². The number of nitrogens with zero attached hydrogens (tertiary/aromatic N) is 3. The molecule has 0 atom stereocenters. The molecule has 0 aliphatic carbocycles. The van der Waals surface area contributed by atoms with Crippen LogP contribution in [0.15, 0.2) is 46.6 Å². The molecule has 3 heterocycles.